The van der Waals surface area contributed by atoms with E-state index in [4.69, 9.17) is 4.74 Å². The first kappa shape index (κ1) is 18.2. The molecular formula is C18H19FN2O4S. The molecule has 0 unspecified atom stereocenters. The van der Waals surface area contributed by atoms with Crippen molar-refractivity contribution in [1.29, 1.82) is 0 Å². The van der Waals surface area contributed by atoms with E-state index < -0.39 is 15.8 Å². The van der Waals surface area contributed by atoms with E-state index in [0.717, 1.165) is 23.6 Å². The van der Waals surface area contributed by atoms with Gasteiger partial charge in [0.15, 0.2) is 11.6 Å². The highest BCUT2D eigenvalue weighted by atomic mass is 32.2. The lowest BCUT2D eigenvalue weighted by molar-refractivity contribution is -0.129. The monoisotopic (exact) mass is 378 g/mol. The van der Waals surface area contributed by atoms with Gasteiger partial charge in [0.25, 0.3) is 10.0 Å². The second-order valence-electron chi connectivity index (χ2n) is 6.08. The van der Waals surface area contributed by atoms with Gasteiger partial charge in [-0.25, -0.2) is 12.8 Å². The third kappa shape index (κ3) is 3.65. The van der Waals surface area contributed by atoms with Gasteiger partial charge in [0, 0.05) is 25.7 Å². The molecule has 0 spiro atoms. The van der Waals surface area contributed by atoms with Crippen LogP contribution in [0.2, 0.25) is 0 Å². The summed E-state index contributed by atoms with van der Waals surface area (Å²) in [5.74, 6) is -0.796. The molecule has 2 aromatic carbocycles. The second-order valence-corrected chi connectivity index (χ2v) is 7.76. The van der Waals surface area contributed by atoms with Gasteiger partial charge in [-0.15, -0.1) is 0 Å². The summed E-state index contributed by atoms with van der Waals surface area (Å²) in [6.45, 7) is 2.60. The van der Waals surface area contributed by atoms with E-state index in [2.05, 4.69) is 4.72 Å². The van der Waals surface area contributed by atoms with Gasteiger partial charge >= 0.3 is 0 Å². The van der Waals surface area contributed by atoms with Crippen LogP contribution in [0.5, 0.6) is 5.75 Å². The van der Waals surface area contributed by atoms with E-state index in [1.165, 1.54) is 26.2 Å². The number of methoxy groups -OCH3 is 1. The van der Waals surface area contributed by atoms with Gasteiger partial charge in [-0.3, -0.25) is 9.52 Å². The summed E-state index contributed by atoms with van der Waals surface area (Å²) < 4.78 is 46.1. The summed E-state index contributed by atoms with van der Waals surface area (Å²) in [6, 6.07) is 8.68. The molecule has 1 aliphatic rings. The number of rotatable bonds is 4. The fourth-order valence-corrected chi connectivity index (χ4v) is 3.98. The van der Waals surface area contributed by atoms with Gasteiger partial charge in [0.1, 0.15) is 0 Å². The minimum Gasteiger partial charge on any atom is -0.494 e. The Morgan fingerprint density at radius 2 is 1.96 bits per heavy atom. The van der Waals surface area contributed by atoms with E-state index in [-0.39, 0.29) is 16.6 Å². The minimum absolute atomic E-state index is 0.0182. The third-order valence-electron chi connectivity index (χ3n) is 4.35. The highest BCUT2D eigenvalue weighted by molar-refractivity contribution is 7.92. The number of carbonyl (C=O) groups is 1. The number of sulfonamides is 1. The van der Waals surface area contributed by atoms with Crippen molar-refractivity contribution in [2.75, 3.05) is 18.4 Å². The molecule has 1 aliphatic heterocycles. The van der Waals surface area contributed by atoms with Crippen LogP contribution in [-0.4, -0.2) is 32.9 Å². The van der Waals surface area contributed by atoms with Crippen LogP contribution in [-0.2, 0) is 27.8 Å². The molecule has 138 valence electrons. The Kier molecular flexibility index (Phi) is 4.86. The summed E-state index contributed by atoms with van der Waals surface area (Å²) in [5.41, 5.74) is 2.35. The second kappa shape index (κ2) is 6.95. The smallest absolute Gasteiger partial charge is 0.262 e. The molecule has 6 nitrogen and oxygen atoms in total. The molecule has 0 saturated heterocycles. The topological polar surface area (TPSA) is 75.7 Å². The van der Waals surface area contributed by atoms with E-state index in [0.29, 0.717) is 18.8 Å². The molecule has 0 fully saturated rings. The van der Waals surface area contributed by atoms with Gasteiger partial charge < -0.3 is 9.64 Å². The molecule has 1 N–H and O–H groups in total. The summed E-state index contributed by atoms with van der Waals surface area (Å²) in [5, 5.41) is 0. The lowest BCUT2D eigenvalue weighted by Gasteiger charge is -2.28. The highest BCUT2D eigenvalue weighted by Gasteiger charge is 2.21. The van der Waals surface area contributed by atoms with Crippen LogP contribution in [0.1, 0.15) is 18.1 Å². The maximum absolute atomic E-state index is 13.8. The number of benzene rings is 2. The molecule has 0 bridgehead atoms. The van der Waals surface area contributed by atoms with E-state index >= 15 is 0 Å². The van der Waals surface area contributed by atoms with Crippen molar-refractivity contribution in [1.82, 2.24) is 4.90 Å². The Labute approximate surface area is 151 Å². The fraction of sp³-hybridized carbons (Fsp3) is 0.278. The average Bonchev–Trinajstić information content (AvgIpc) is 2.60. The zero-order chi connectivity index (χ0) is 18.9. The number of hydrogen-bond acceptors (Lipinski definition) is 4. The van der Waals surface area contributed by atoms with Crippen LogP contribution < -0.4 is 9.46 Å². The first-order chi connectivity index (χ1) is 12.3. The normalized spacial score (nSPS) is 13.9. The zero-order valence-corrected chi connectivity index (χ0v) is 15.3. The number of amides is 1. The Morgan fingerprint density at radius 3 is 2.62 bits per heavy atom. The molecule has 0 saturated carbocycles. The van der Waals surface area contributed by atoms with Gasteiger partial charge in [-0.05, 0) is 47.9 Å². The molecular weight excluding hydrogens is 359 g/mol. The molecule has 0 aliphatic carbocycles. The number of hydrogen-bond donors (Lipinski definition) is 1. The Balaban J connectivity index is 1.85. The lowest BCUT2D eigenvalue weighted by Crippen LogP contribution is -2.34. The largest absolute Gasteiger partial charge is 0.494 e. The van der Waals surface area contributed by atoms with Crippen LogP contribution in [0, 0.1) is 5.82 Å². The SMILES string of the molecule is COc1ccc(S(=O)(=O)Nc2ccc3c(c2)CN(C(C)=O)CC3)cc1F. The number of ether oxygens (including phenoxy) is 1. The molecule has 0 atom stereocenters. The van der Waals surface area contributed by atoms with Gasteiger partial charge in [0.2, 0.25) is 5.91 Å². The maximum Gasteiger partial charge on any atom is 0.262 e. The standard InChI is InChI=1S/C18H19FN2O4S/c1-12(22)21-8-7-13-3-4-15(9-14(13)11-21)20-26(23,24)16-5-6-18(25-2)17(19)10-16/h3-6,9-10,20H,7-8,11H2,1-2H3. The van der Waals surface area contributed by atoms with E-state index in [9.17, 15) is 17.6 Å². The van der Waals surface area contributed by atoms with Gasteiger partial charge in [-0.1, -0.05) is 6.07 Å². The van der Waals surface area contributed by atoms with Crippen LogP contribution in [0.4, 0.5) is 10.1 Å². The van der Waals surface area contributed by atoms with Crippen molar-refractivity contribution >= 4 is 21.6 Å². The molecule has 8 heteroatoms. The van der Waals surface area contributed by atoms with E-state index in [1.54, 1.807) is 17.0 Å². The Morgan fingerprint density at radius 1 is 1.19 bits per heavy atom. The molecule has 0 aromatic heterocycles. The van der Waals surface area contributed by atoms with Crippen LogP contribution in [0.3, 0.4) is 0 Å². The predicted octanol–water partition coefficient (Wildman–Crippen LogP) is 2.54. The summed E-state index contributed by atoms with van der Waals surface area (Å²) in [6.07, 6.45) is 0.728. The minimum atomic E-state index is -3.94. The van der Waals surface area contributed by atoms with E-state index in [1.807, 2.05) is 6.07 Å². The van der Waals surface area contributed by atoms with Crippen molar-refractivity contribution in [2.45, 2.75) is 24.8 Å². The lowest BCUT2D eigenvalue weighted by atomic mass is 9.99. The highest BCUT2D eigenvalue weighted by Crippen LogP contribution is 2.26. The van der Waals surface area contributed by atoms with Crippen molar-refractivity contribution in [3.63, 3.8) is 0 Å². The summed E-state index contributed by atoms with van der Waals surface area (Å²) >= 11 is 0. The van der Waals surface area contributed by atoms with Crippen molar-refractivity contribution in [3.8, 4) is 5.75 Å². The van der Waals surface area contributed by atoms with Crippen LogP contribution in [0.25, 0.3) is 0 Å². The molecule has 2 aromatic rings. The van der Waals surface area contributed by atoms with Crippen molar-refractivity contribution < 1.29 is 22.3 Å². The first-order valence-corrected chi connectivity index (χ1v) is 9.52. The number of carbonyl (C=O) groups excluding carboxylic acids is 1. The first-order valence-electron chi connectivity index (χ1n) is 8.04. The number of fused-ring (bicyclic) bond motifs is 1. The van der Waals surface area contributed by atoms with Crippen LogP contribution >= 0.6 is 0 Å². The average molecular weight is 378 g/mol. The summed E-state index contributed by atoms with van der Waals surface area (Å²) in [4.78, 5) is 13.1. The molecule has 26 heavy (non-hydrogen) atoms. The number of anilines is 1. The van der Waals surface area contributed by atoms with Gasteiger partial charge in [-0.2, -0.15) is 0 Å². The third-order valence-corrected chi connectivity index (χ3v) is 5.73. The van der Waals surface area contributed by atoms with Gasteiger partial charge in [0.05, 0.1) is 12.0 Å². The predicted molar refractivity (Wildman–Crippen MR) is 95.0 cm³/mol. The Bertz CT molecular complexity index is 960. The zero-order valence-electron chi connectivity index (χ0n) is 14.5. The quantitative estimate of drug-likeness (QED) is 0.887. The van der Waals surface area contributed by atoms with Crippen LogP contribution in [0.15, 0.2) is 41.3 Å². The summed E-state index contributed by atoms with van der Waals surface area (Å²) in [7, 11) is -2.64. The number of halogens is 1. The number of nitrogens with zero attached hydrogens (tertiary/aromatic N) is 1. The molecule has 1 heterocycles. The van der Waals surface area contributed by atoms with Crippen molar-refractivity contribution in [3.05, 3.63) is 53.3 Å². The Hall–Kier alpha value is -2.61. The fourth-order valence-electron chi connectivity index (χ4n) is 2.92. The molecule has 3 rings (SSSR count). The van der Waals surface area contributed by atoms with Crippen molar-refractivity contribution in [2.24, 2.45) is 0 Å². The molecule has 1 amide bonds. The molecule has 0 radical (unpaired) electrons. The number of nitrogens with one attached hydrogen (secondary N) is 1. The maximum atomic E-state index is 13.8.